The molecule has 0 aliphatic carbocycles. The van der Waals surface area contributed by atoms with Gasteiger partial charge in [-0.25, -0.2) is 10.9 Å². The first-order valence-electron chi connectivity index (χ1n) is 7.86. The van der Waals surface area contributed by atoms with Gasteiger partial charge in [0.05, 0.1) is 6.04 Å². The summed E-state index contributed by atoms with van der Waals surface area (Å²) in [6.45, 7) is 6.05. The fourth-order valence-corrected chi connectivity index (χ4v) is 3.33. The highest BCUT2D eigenvalue weighted by atomic mass is 35.5. The van der Waals surface area contributed by atoms with Gasteiger partial charge in [0.25, 0.3) is 0 Å². The van der Waals surface area contributed by atoms with Crippen molar-refractivity contribution < 1.29 is 4.79 Å². The molecule has 2 unspecified atom stereocenters. The lowest BCUT2D eigenvalue weighted by molar-refractivity contribution is -0.118. The quantitative estimate of drug-likeness (QED) is 0.691. The molecule has 24 heavy (non-hydrogen) atoms. The molecule has 5 nitrogen and oxygen atoms in total. The Hall–Kier alpha value is -1.92. The van der Waals surface area contributed by atoms with Crippen molar-refractivity contribution in [3.8, 4) is 0 Å². The number of amides is 1. The van der Waals surface area contributed by atoms with E-state index in [1.165, 1.54) is 5.56 Å². The van der Waals surface area contributed by atoms with Gasteiger partial charge >= 0.3 is 0 Å². The Kier molecular flexibility index (Phi) is 4.87. The van der Waals surface area contributed by atoms with E-state index in [1.807, 2.05) is 45.0 Å². The molecule has 0 bridgehead atoms. The van der Waals surface area contributed by atoms with E-state index in [1.54, 1.807) is 0 Å². The minimum Gasteiger partial charge on any atom is -0.324 e. The van der Waals surface area contributed by atoms with E-state index in [2.05, 4.69) is 33.8 Å². The first-order chi connectivity index (χ1) is 11.5. The minimum absolute atomic E-state index is 0.104. The molecule has 1 saturated heterocycles. The lowest BCUT2D eigenvalue weighted by Crippen LogP contribution is -2.41. The topological polar surface area (TPSA) is 65.2 Å². The van der Waals surface area contributed by atoms with Crippen LogP contribution in [0.5, 0.6) is 0 Å². The van der Waals surface area contributed by atoms with Crippen LogP contribution in [0.4, 0.5) is 5.69 Å². The summed E-state index contributed by atoms with van der Waals surface area (Å²) in [6, 6.07) is 11.0. The molecule has 2 aromatic carbocycles. The number of nitrogens with one attached hydrogen (secondary N) is 4. The van der Waals surface area contributed by atoms with Crippen LogP contribution in [0.2, 0.25) is 5.02 Å². The highest BCUT2D eigenvalue weighted by Gasteiger charge is 2.34. The van der Waals surface area contributed by atoms with E-state index in [0.29, 0.717) is 5.02 Å². The smallest absolute Gasteiger partial charge is 0.244 e. The van der Waals surface area contributed by atoms with Crippen molar-refractivity contribution in [3.63, 3.8) is 0 Å². The maximum Gasteiger partial charge on any atom is 0.244 e. The van der Waals surface area contributed by atoms with Gasteiger partial charge in [-0.05, 0) is 49.6 Å². The maximum atomic E-state index is 12.8. The second-order valence-corrected chi connectivity index (χ2v) is 6.62. The van der Waals surface area contributed by atoms with E-state index in [-0.39, 0.29) is 11.9 Å². The second kappa shape index (κ2) is 6.91. The third kappa shape index (κ3) is 3.44. The third-order valence-electron chi connectivity index (χ3n) is 4.20. The Balaban J connectivity index is 1.82. The molecule has 1 fully saturated rings. The van der Waals surface area contributed by atoms with Gasteiger partial charge in [-0.15, -0.1) is 0 Å². The average molecular weight is 345 g/mol. The predicted molar refractivity (Wildman–Crippen MR) is 96.7 cm³/mol. The zero-order valence-corrected chi connectivity index (χ0v) is 14.7. The molecule has 4 N–H and O–H groups in total. The zero-order chi connectivity index (χ0) is 17.3. The van der Waals surface area contributed by atoms with Crippen LogP contribution in [0.3, 0.4) is 0 Å². The molecule has 1 aliphatic rings. The summed E-state index contributed by atoms with van der Waals surface area (Å²) in [5.41, 5.74) is 14.0. The standard InChI is InChI=1S/C18H21ClN4O/c1-10-7-11(2)15(12(3)8-10)20-18(24)17-16(21-23-22-17)13-5-4-6-14(19)9-13/h4-9,16-17,21-23H,1-3H3,(H,20,24). The summed E-state index contributed by atoms with van der Waals surface area (Å²) < 4.78 is 0. The van der Waals surface area contributed by atoms with Gasteiger partial charge in [-0.2, -0.15) is 5.53 Å². The molecule has 0 spiro atoms. The lowest BCUT2D eigenvalue weighted by Gasteiger charge is -2.20. The lowest BCUT2D eigenvalue weighted by atomic mass is 9.99. The normalized spacial score (nSPS) is 20.2. The van der Waals surface area contributed by atoms with Crippen molar-refractivity contribution >= 4 is 23.2 Å². The number of hydrogen-bond donors (Lipinski definition) is 4. The molecule has 6 heteroatoms. The number of aryl methyl sites for hydroxylation is 3. The van der Waals surface area contributed by atoms with Crippen LogP contribution >= 0.6 is 11.6 Å². The molecule has 0 radical (unpaired) electrons. The minimum atomic E-state index is -0.455. The fourth-order valence-electron chi connectivity index (χ4n) is 3.13. The Morgan fingerprint density at radius 3 is 2.46 bits per heavy atom. The van der Waals surface area contributed by atoms with Crippen LogP contribution < -0.4 is 21.7 Å². The summed E-state index contributed by atoms with van der Waals surface area (Å²) in [6.07, 6.45) is 0. The molecular formula is C18H21ClN4O. The number of carbonyl (C=O) groups excluding carboxylic acids is 1. The van der Waals surface area contributed by atoms with Gasteiger partial charge in [0.15, 0.2) is 0 Å². The van der Waals surface area contributed by atoms with Crippen LogP contribution in [-0.4, -0.2) is 11.9 Å². The summed E-state index contributed by atoms with van der Waals surface area (Å²) >= 11 is 6.07. The molecule has 2 aromatic rings. The van der Waals surface area contributed by atoms with Crippen LogP contribution in [0, 0.1) is 20.8 Å². The van der Waals surface area contributed by atoms with Crippen LogP contribution in [-0.2, 0) is 4.79 Å². The van der Waals surface area contributed by atoms with Gasteiger partial charge < -0.3 is 5.32 Å². The van der Waals surface area contributed by atoms with Crippen LogP contribution in [0.25, 0.3) is 0 Å². The van der Waals surface area contributed by atoms with Crippen molar-refractivity contribution in [2.45, 2.75) is 32.9 Å². The SMILES string of the molecule is Cc1cc(C)c(NC(=O)C2NNNC2c2cccc(Cl)c2)c(C)c1. The summed E-state index contributed by atoms with van der Waals surface area (Å²) in [4.78, 5) is 12.8. The highest BCUT2D eigenvalue weighted by molar-refractivity contribution is 6.30. The molecule has 1 heterocycles. The molecule has 2 atom stereocenters. The van der Waals surface area contributed by atoms with Crippen LogP contribution in [0.1, 0.15) is 28.3 Å². The Bertz CT molecular complexity index is 754. The Morgan fingerprint density at radius 1 is 1.08 bits per heavy atom. The van der Waals surface area contributed by atoms with Gasteiger partial charge in [-0.3, -0.25) is 4.79 Å². The predicted octanol–water partition coefficient (Wildman–Crippen LogP) is 2.93. The van der Waals surface area contributed by atoms with Crippen molar-refractivity contribution in [2.24, 2.45) is 0 Å². The number of anilines is 1. The van der Waals surface area contributed by atoms with Crippen molar-refractivity contribution in [3.05, 3.63) is 63.7 Å². The molecule has 0 aromatic heterocycles. The first-order valence-corrected chi connectivity index (χ1v) is 8.24. The monoisotopic (exact) mass is 344 g/mol. The number of rotatable bonds is 3. The molecule has 0 saturated carbocycles. The van der Waals surface area contributed by atoms with Crippen molar-refractivity contribution in [1.29, 1.82) is 0 Å². The van der Waals surface area contributed by atoms with E-state index in [0.717, 1.165) is 22.4 Å². The van der Waals surface area contributed by atoms with Gasteiger partial charge in [-0.1, -0.05) is 41.4 Å². The number of halogens is 1. The Labute approximate surface area is 146 Å². The third-order valence-corrected chi connectivity index (χ3v) is 4.44. The molecule has 126 valence electrons. The van der Waals surface area contributed by atoms with E-state index in [4.69, 9.17) is 11.6 Å². The molecule has 3 rings (SSSR count). The summed E-state index contributed by atoms with van der Waals surface area (Å²) in [5.74, 6) is -0.104. The van der Waals surface area contributed by atoms with Gasteiger partial charge in [0.1, 0.15) is 6.04 Å². The molecule has 1 amide bonds. The number of benzene rings is 2. The van der Waals surface area contributed by atoms with E-state index < -0.39 is 6.04 Å². The fraction of sp³-hybridized carbons (Fsp3) is 0.278. The first kappa shape index (κ1) is 16.9. The largest absolute Gasteiger partial charge is 0.324 e. The summed E-state index contributed by atoms with van der Waals surface area (Å²) in [5, 5.41) is 3.69. The van der Waals surface area contributed by atoms with E-state index >= 15 is 0 Å². The molecule has 1 aliphatic heterocycles. The average Bonchev–Trinajstić information content (AvgIpc) is 3.00. The second-order valence-electron chi connectivity index (χ2n) is 6.19. The van der Waals surface area contributed by atoms with E-state index in [9.17, 15) is 4.79 Å². The zero-order valence-electron chi connectivity index (χ0n) is 13.9. The van der Waals surface area contributed by atoms with Gasteiger partial charge in [0.2, 0.25) is 5.91 Å². The highest BCUT2D eigenvalue weighted by Crippen LogP contribution is 2.25. The van der Waals surface area contributed by atoms with Crippen molar-refractivity contribution in [1.82, 2.24) is 16.4 Å². The Morgan fingerprint density at radius 2 is 1.79 bits per heavy atom. The van der Waals surface area contributed by atoms with Crippen molar-refractivity contribution in [2.75, 3.05) is 5.32 Å². The van der Waals surface area contributed by atoms with Crippen LogP contribution in [0.15, 0.2) is 36.4 Å². The maximum absolute atomic E-state index is 12.8. The van der Waals surface area contributed by atoms with Gasteiger partial charge in [0, 0.05) is 10.7 Å². The number of carbonyl (C=O) groups is 1. The number of hydrazine groups is 2. The number of hydrogen-bond acceptors (Lipinski definition) is 4. The molecular weight excluding hydrogens is 324 g/mol. The summed E-state index contributed by atoms with van der Waals surface area (Å²) in [7, 11) is 0.